The summed E-state index contributed by atoms with van der Waals surface area (Å²) in [5.41, 5.74) is 4.70. The molecule has 0 bridgehead atoms. The summed E-state index contributed by atoms with van der Waals surface area (Å²) in [6.07, 6.45) is 0.0544. The third-order valence-electron chi connectivity index (χ3n) is 1.13. The summed E-state index contributed by atoms with van der Waals surface area (Å²) >= 11 is 0. The second kappa shape index (κ2) is 3.48. The molecule has 0 unspecified atom stereocenters. The summed E-state index contributed by atoms with van der Waals surface area (Å²) < 4.78 is 4.40. The van der Waals surface area contributed by atoms with Crippen molar-refractivity contribution in [1.82, 2.24) is 4.98 Å². The van der Waals surface area contributed by atoms with Crippen LogP contribution in [0.5, 0.6) is 5.75 Å². The number of carbonyl (C=O) groups excluding carboxylic acids is 1. The number of hydrogen-bond donors (Lipinski definition) is 1. The third-order valence-corrected chi connectivity index (χ3v) is 1.13. The van der Waals surface area contributed by atoms with Crippen LogP contribution < -0.4 is 10.5 Å². The van der Waals surface area contributed by atoms with Gasteiger partial charge in [0.25, 0.3) is 0 Å². The van der Waals surface area contributed by atoms with E-state index in [1.807, 2.05) is 0 Å². The lowest BCUT2D eigenvalue weighted by atomic mass is 10.4. The lowest BCUT2D eigenvalue weighted by Gasteiger charge is -1.96. The summed E-state index contributed by atoms with van der Waals surface area (Å²) in [6, 6.07) is 2.34. The van der Waals surface area contributed by atoms with E-state index < -0.39 is 11.0 Å². The minimum atomic E-state index is -0.990. The maximum absolute atomic E-state index is 10.2. The molecule has 7 heteroatoms. The van der Waals surface area contributed by atoms with E-state index in [2.05, 4.69) is 9.72 Å². The maximum atomic E-state index is 10.2. The largest absolute Gasteiger partial charge is 0.410 e. The van der Waals surface area contributed by atoms with Crippen molar-refractivity contribution < 1.29 is 14.5 Å². The van der Waals surface area contributed by atoms with Gasteiger partial charge >= 0.3 is 11.9 Å². The van der Waals surface area contributed by atoms with Gasteiger partial charge in [0.2, 0.25) is 0 Å². The fourth-order valence-corrected chi connectivity index (χ4v) is 0.657. The summed E-state index contributed by atoms with van der Waals surface area (Å²) in [5.74, 6) is -0.255. The SMILES string of the molecule is NC(=O)Oc1ccc([N+](=O)[O-])nc1. The fourth-order valence-electron chi connectivity index (χ4n) is 0.657. The number of rotatable bonds is 2. The van der Waals surface area contributed by atoms with Crippen LogP contribution >= 0.6 is 0 Å². The van der Waals surface area contributed by atoms with Crippen LogP contribution in [0.4, 0.5) is 10.6 Å². The molecule has 2 N–H and O–H groups in total. The van der Waals surface area contributed by atoms with Gasteiger partial charge in [-0.1, -0.05) is 0 Å². The molecule has 1 rings (SSSR count). The van der Waals surface area contributed by atoms with Crippen LogP contribution in [0.2, 0.25) is 0 Å². The van der Waals surface area contributed by atoms with Crippen molar-refractivity contribution in [2.24, 2.45) is 5.73 Å². The Balaban J connectivity index is 2.81. The molecule has 1 aromatic heterocycles. The van der Waals surface area contributed by atoms with Gasteiger partial charge in [-0.25, -0.2) is 4.79 Å². The van der Waals surface area contributed by atoms with Gasteiger partial charge in [-0.2, -0.15) is 0 Å². The van der Waals surface area contributed by atoms with Crippen LogP contribution in [-0.2, 0) is 0 Å². The van der Waals surface area contributed by atoms with E-state index in [1.54, 1.807) is 0 Å². The molecule has 1 amide bonds. The molecule has 0 aromatic carbocycles. The predicted octanol–water partition coefficient (Wildman–Crippen LogP) is 0.447. The molecule has 0 aliphatic rings. The Morgan fingerprint density at radius 2 is 2.31 bits per heavy atom. The number of nitro groups is 1. The first kappa shape index (κ1) is 8.91. The number of amides is 1. The number of pyridine rings is 1. The topological polar surface area (TPSA) is 108 Å². The van der Waals surface area contributed by atoms with Gasteiger partial charge in [0.1, 0.15) is 0 Å². The monoisotopic (exact) mass is 183 g/mol. The lowest BCUT2D eigenvalue weighted by Crippen LogP contribution is -2.16. The average Bonchev–Trinajstić information content (AvgIpc) is 2.04. The average molecular weight is 183 g/mol. The zero-order valence-electron chi connectivity index (χ0n) is 6.34. The molecule has 68 valence electrons. The van der Waals surface area contributed by atoms with Crippen LogP contribution in [0.1, 0.15) is 0 Å². The van der Waals surface area contributed by atoms with Crippen LogP contribution in [0.3, 0.4) is 0 Å². The van der Waals surface area contributed by atoms with E-state index in [0.29, 0.717) is 0 Å². The van der Waals surface area contributed by atoms with Crippen LogP contribution in [-0.4, -0.2) is 16.0 Å². The summed E-state index contributed by atoms with van der Waals surface area (Å²) in [7, 11) is 0. The zero-order chi connectivity index (χ0) is 9.84. The Bertz CT molecular complexity index is 334. The Kier molecular flexibility index (Phi) is 2.38. The van der Waals surface area contributed by atoms with Gasteiger partial charge in [-0.05, 0) is 16.0 Å². The highest BCUT2D eigenvalue weighted by Gasteiger charge is 2.07. The Morgan fingerprint density at radius 3 is 2.69 bits per heavy atom. The lowest BCUT2D eigenvalue weighted by molar-refractivity contribution is -0.389. The van der Waals surface area contributed by atoms with Gasteiger partial charge < -0.3 is 20.6 Å². The minimum Gasteiger partial charge on any atom is -0.406 e. The molecule has 0 aliphatic heterocycles. The number of hydrogen-bond acceptors (Lipinski definition) is 5. The summed E-state index contributed by atoms with van der Waals surface area (Å²) in [5, 5.41) is 10.1. The van der Waals surface area contributed by atoms with Crippen molar-refractivity contribution in [3.05, 3.63) is 28.4 Å². The van der Waals surface area contributed by atoms with Crippen molar-refractivity contribution >= 4 is 11.9 Å². The highest BCUT2D eigenvalue weighted by molar-refractivity contribution is 5.67. The first-order valence-electron chi connectivity index (χ1n) is 3.17. The first-order valence-corrected chi connectivity index (χ1v) is 3.17. The zero-order valence-corrected chi connectivity index (χ0v) is 6.34. The summed E-state index contributed by atoms with van der Waals surface area (Å²) in [6.45, 7) is 0. The normalized spacial score (nSPS) is 9.23. The van der Waals surface area contributed by atoms with Gasteiger partial charge in [0.05, 0.1) is 0 Å². The molecule has 0 radical (unpaired) electrons. The van der Waals surface area contributed by atoms with Crippen molar-refractivity contribution in [3.8, 4) is 5.75 Å². The van der Waals surface area contributed by atoms with Gasteiger partial charge in [0.15, 0.2) is 11.9 Å². The number of nitrogens with two attached hydrogens (primary N) is 1. The quantitative estimate of drug-likeness (QED) is 0.528. The van der Waals surface area contributed by atoms with E-state index >= 15 is 0 Å². The van der Waals surface area contributed by atoms with Crippen molar-refractivity contribution in [2.75, 3.05) is 0 Å². The van der Waals surface area contributed by atoms with Gasteiger partial charge in [-0.15, -0.1) is 0 Å². The Labute approximate surface area is 72.3 Å². The number of nitrogens with zero attached hydrogens (tertiary/aromatic N) is 2. The number of aromatic nitrogens is 1. The molecule has 0 saturated heterocycles. The second-order valence-electron chi connectivity index (χ2n) is 2.03. The van der Waals surface area contributed by atoms with Crippen LogP contribution in [0, 0.1) is 10.1 Å². The van der Waals surface area contributed by atoms with E-state index in [9.17, 15) is 14.9 Å². The molecule has 1 heterocycles. The molecule has 1 aromatic rings. The fraction of sp³-hybridized carbons (Fsp3) is 0. The Hall–Kier alpha value is -2.18. The molecular formula is C6H5N3O4. The Morgan fingerprint density at radius 1 is 1.62 bits per heavy atom. The molecule has 0 fully saturated rings. The first-order chi connectivity index (χ1) is 6.09. The molecule has 7 nitrogen and oxygen atoms in total. The van der Waals surface area contributed by atoms with Gasteiger partial charge in [-0.3, -0.25) is 0 Å². The van der Waals surface area contributed by atoms with E-state index in [4.69, 9.17) is 5.73 Å². The van der Waals surface area contributed by atoms with Crippen molar-refractivity contribution in [3.63, 3.8) is 0 Å². The number of primary amides is 1. The molecular weight excluding hydrogens is 178 g/mol. The van der Waals surface area contributed by atoms with Crippen molar-refractivity contribution in [1.29, 1.82) is 0 Å². The van der Waals surface area contributed by atoms with E-state index in [0.717, 1.165) is 12.3 Å². The van der Waals surface area contributed by atoms with E-state index in [1.165, 1.54) is 6.07 Å². The smallest absolute Gasteiger partial charge is 0.406 e. The highest BCUT2D eigenvalue weighted by Crippen LogP contribution is 2.12. The second-order valence-corrected chi connectivity index (χ2v) is 2.03. The predicted molar refractivity (Wildman–Crippen MR) is 41.1 cm³/mol. The van der Waals surface area contributed by atoms with Crippen LogP contribution in [0.15, 0.2) is 18.3 Å². The van der Waals surface area contributed by atoms with Crippen molar-refractivity contribution in [2.45, 2.75) is 0 Å². The third kappa shape index (κ3) is 2.40. The number of carbonyl (C=O) groups is 1. The highest BCUT2D eigenvalue weighted by atomic mass is 16.6. The maximum Gasteiger partial charge on any atom is 0.410 e. The van der Waals surface area contributed by atoms with Crippen LogP contribution in [0.25, 0.3) is 0 Å². The molecule has 13 heavy (non-hydrogen) atoms. The summed E-state index contributed by atoms with van der Waals surface area (Å²) in [4.78, 5) is 23.1. The molecule has 0 aliphatic carbocycles. The minimum absolute atomic E-state index is 0.0677. The molecule has 0 atom stereocenters. The standard InChI is InChI=1S/C6H5N3O4/c7-6(10)13-4-1-2-5(8-3-4)9(11)12/h1-3H,(H2,7,10). The van der Waals surface area contributed by atoms with E-state index in [-0.39, 0.29) is 11.6 Å². The molecule has 0 saturated carbocycles. The number of ether oxygens (including phenoxy) is 1. The van der Waals surface area contributed by atoms with Gasteiger partial charge in [0, 0.05) is 6.07 Å². The molecule has 0 spiro atoms.